The van der Waals surface area contributed by atoms with Gasteiger partial charge in [-0.1, -0.05) is 24.3 Å². The number of benzene rings is 1. The molecule has 0 saturated heterocycles. The number of nitrogens with one attached hydrogen (secondary N) is 1. The van der Waals surface area contributed by atoms with E-state index in [9.17, 15) is 8.42 Å². The lowest BCUT2D eigenvalue weighted by Gasteiger charge is -2.03. The Hall–Kier alpha value is -1.36. The summed E-state index contributed by atoms with van der Waals surface area (Å²) in [6.07, 6.45) is 0. The second kappa shape index (κ2) is 4.04. The molecule has 5 heteroatoms. The summed E-state index contributed by atoms with van der Waals surface area (Å²) in [6, 6.07) is 6.73. The van der Waals surface area contributed by atoms with Gasteiger partial charge in [0.15, 0.2) is 0 Å². The number of thiol groups is 1. The molecule has 0 unspecified atom stereocenters. The van der Waals surface area contributed by atoms with Crippen LogP contribution in [0.15, 0.2) is 24.3 Å². The minimum atomic E-state index is -2.47. The fourth-order valence-corrected chi connectivity index (χ4v) is 1.61. The molecule has 4 nitrogen and oxygen atoms in total. The fraction of sp³-hybridized carbons (Fsp3) is 0.125. The molecule has 0 heterocycles. The second-order valence-corrected chi connectivity index (χ2v) is 3.54. The van der Waals surface area contributed by atoms with Crippen LogP contribution in [0.2, 0.25) is 0 Å². The van der Waals surface area contributed by atoms with Gasteiger partial charge in [0.1, 0.15) is 16.5 Å². The molecule has 0 bridgehead atoms. The number of amidine groups is 1. The maximum atomic E-state index is 10.5. The summed E-state index contributed by atoms with van der Waals surface area (Å²) >= 11 is 0. The lowest BCUT2D eigenvalue weighted by Crippen LogP contribution is -2.13. The Morgan fingerprint density at radius 2 is 2.00 bits per heavy atom. The van der Waals surface area contributed by atoms with Crippen molar-refractivity contribution in [3.8, 4) is 0 Å². The third kappa shape index (κ3) is 2.55. The van der Waals surface area contributed by atoms with Gasteiger partial charge >= 0.3 is 0 Å². The zero-order chi connectivity index (χ0) is 9.84. The van der Waals surface area contributed by atoms with Gasteiger partial charge in [-0.25, -0.2) is 8.42 Å². The molecule has 0 saturated carbocycles. The lowest BCUT2D eigenvalue weighted by atomic mass is 10.1. The molecule has 0 amide bonds. The van der Waals surface area contributed by atoms with E-state index in [-0.39, 0.29) is 11.6 Å². The van der Waals surface area contributed by atoms with E-state index in [1.807, 2.05) is 0 Å². The van der Waals surface area contributed by atoms with E-state index in [2.05, 4.69) is 0 Å². The Labute approximate surface area is 77.8 Å². The van der Waals surface area contributed by atoms with Crippen LogP contribution in [0.25, 0.3) is 0 Å². The van der Waals surface area contributed by atoms with Crippen LogP contribution in [0.1, 0.15) is 11.1 Å². The Morgan fingerprint density at radius 1 is 1.38 bits per heavy atom. The predicted octanol–water partition coefficient (Wildman–Crippen LogP) is 0.0821. The van der Waals surface area contributed by atoms with Crippen LogP contribution < -0.4 is 5.73 Å². The van der Waals surface area contributed by atoms with Gasteiger partial charge in [-0.05, 0) is 5.56 Å². The fourth-order valence-electron chi connectivity index (χ4n) is 1.06. The molecule has 0 radical (unpaired) electrons. The van der Waals surface area contributed by atoms with Gasteiger partial charge < -0.3 is 5.73 Å². The van der Waals surface area contributed by atoms with Gasteiger partial charge in [0, 0.05) is 5.56 Å². The zero-order valence-electron chi connectivity index (χ0n) is 6.86. The van der Waals surface area contributed by atoms with Crippen LogP contribution in [0.5, 0.6) is 0 Å². The lowest BCUT2D eigenvalue weighted by molar-refractivity contribution is 0.614. The molecular weight excluding hydrogens is 188 g/mol. The van der Waals surface area contributed by atoms with E-state index in [0.29, 0.717) is 11.1 Å². The first-order chi connectivity index (χ1) is 6.11. The summed E-state index contributed by atoms with van der Waals surface area (Å²) < 4.78 is 20.9. The molecule has 0 fully saturated rings. The maximum Gasteiger partial charge on any atom is 0.144 e. The third-order valence-corrected chi connectivity index (χ3v) is 2.21. The van der Waals surface area contributed by atoms with E-state index in [0.717, 1.165) is 0 Å². The van der Waals surface area contributed by atoms with Crippen molar-refractivity contribution in [2.24, 2.45) is 5.73 Å². The quantitative estimate of drug-likeness (QED) is 0.365. The van der Waals surface area contributed by atoms with Crippen LogP contribution in [-0.4, -0.2) is 14.3 Å². The highest BCUT2D eigenvalue weighted by Crippen LogP contribution is 2.08. The van der Waals surface area contributed by atoms with Crippen molar-refractivity contribution in [1.29, 1.82) is 5.41 Å². The van der Waals surface area contributed by atoms with Gasteiger partial charge in [-0.2, -0.15) is 0 Å². The first-order valence-electron chi connectivity index (χ1n) is 3.65. The van der Waals surface area contributed by atoms with E-state index in [1.165, 1.54) is 0 Å². The van der Waals surface area contributed by atoms with Crippen LogP contribution in [0, 0.1) is 5.41 Å². The van der Waals surface area contributed by atoms with Crippen molar-refractivity contribution in [2.45, 2.75) is 5.75 Å². The molecule has 3 N–H and O–H groups in total. The SMILES string of the molecule is N=C(N)c1ccccc1C[SH](=O)=O. The van der Waals surface area contributed by atoms with Gasteiger partial charge in [0.05, 0.1) is 5.75 Å². The number of rotatable bonds is 3. The average molecular weight is 198 g/mol. The topological polar surface area (TPSA) is 84.0 Å². The van der Waals surface area contributed by atoms with E-state index in [1.54, 1.807) is 24.3 Å². The standard InChI is InChI=1S/C8H10N2O2S/c9-8(10)7-4-2-1-3-6(7)5-13(11)12/h1-4,13H,5H2,(H3,9,10). The summed E-state index contributed by atoms with van der Waals surface area (Å²) in [5.41, 5.74) is 6.34. The monoisotopic (exact) mass is 198 g/mol. The van der Waals surface area contributed by atoms with Gasteiger partial charge in [-0.3, -0.25) is 5.41 Å². The molecule has 1 rings (SSSR count). The van der Waals surface area contributed by atoms with Crippen molar-refractivity contribution in [3.05, 3.63) is 35.4 Å². The van der Waals surface area contributed by atoms with Gasteiger partial charge in [0.2, 0.25) is 0 Å². The first kappa shape index (κ1) is 9.73. The normalized spacial score (nSPS) is 10.2. The van der Waals surface area contributed by atoms with Crippen LogP contribution in [-0.2, 0) is 16.5 Å². The highest BCUT2D eigenvalue weighted by molar-refractivity contribution is 7.71. The van der Waals surface area contributed by atoms with Crippen molar-refractivity contribution < 1.29 is 8.42 Å². The van der Waals surface area contributed by atoms with Crippen LogP contribution in [0.3, 0.4) is 0 Å². The minimum Gasteiger partial charge on any atom is -0.384 e. The Balaban J connectivity index is 3.11. The molecule has 1 aromatic carbocycles. The van der Waals surface area contributed by atoms with Crippen molar-refractivity contribution in [3.63, 3.8) is 0 Å². The van der Waals surface area contributed by atoms with E-state index in [4.69, 9.17) is 11.1 Å². The van der Waals surface area contributed by atoms with Crippen LogP contribution in [0.4, 0.5) is 0 Å². The smallest absolute Gasteiger partial charge is 0.144 e. The van der Waals surface area contributed by atoms with Crippen molar-refractivity contribution >= 4 is 16.5 Å². The summed E-state index contributed by atoms with van der Waals surface area (Å²) in [5, 5.41) is 7.20. The second-order valence-electron chi connectivity index (χ2n) is 2.56. The highest BCUT2D eigenvalue weighted by Gasteiger charge is 2.04. The summed E-state index contributed by atoms with van der Waals surface area (Å²) in [5.74, 6) is -0.169. The molecule has 0 aliphatic rings. The summed E-state index contributed by atoms with van der Waals surface area (Å²) in [4.78, 5) is 0. The van der Waals surface area contributed by atoms with Crippen molar-refractivity contribution in [2.75, 3.05) is 0 Å². The molecule has 0 atom stereocenters. The molecule has 0 aromatic heterocycles. The molecule has 0 spiro atoms. The Morgan fingerprint density at radius 3 is 2.54 bits per heavy atom. The highest BCUT2D eigenvalue weighted by atomic mass is 32.2. The molecule has 1 aromatic rings. The molecule has 0 aliphatic heterocycles. The Bertz CT molecular complexity index is 391. The van der Waals surface area contributed by atoms with E-state index >= 15 is 0 Å². The minimum absolute atomic E-state index is 0.0644. The predicted molar refractivity (Wildman–Crippen MR) is 51.5 cm³/mol. The number of hydrogen-bond acceptors (Lipinski definition) is 3. The molecule has 13 heavy (non-hydrogen) atoms. The summed E-state index contributed by atoms with van der Waals surface area (Å²) in [6.45, 7) is 0. The zero-order valence-corrected chi connectivity index (χ0v) is 7.75. The number of nitrogen functional groups attached to an aromatic ring is 1. The average Bonchev–Trinajstić information content (AvgIpc) is 2.03. The summed E-state index contributed by atoms with van der Waals surface area (Å²) in [7, 11) is -2.47. The molecule has 0 aliphatic carbocycles. The first-order valence-corrected chi connectivity index (χ1v) is 5.01. The third-order valence-electron chi connectivity index (χ3n) is 1.61. The van der Waals surface area contributed by atoms with E-state index < -0.39 is 10.7 Å². The van der Waals surface area contributed by atoms with Crippen molar-refractivity contribution in [1.82, 2.24) is 0 Å². The maximum absolute atomic E-state index is 10.5. The number of nitrogens with two attached hydrogens (primary N) is 1. The van der Waals surface area contributed by atoms with Crippen LogP contribution >= 0.6 is 0 Å². The van der Waals surface area contributed by atoms with Gasteiger partial charge in [-0.15, -0.1) is 0 Å². The molecular formula is C8H10N2O2S. The van der Waals surface area contributed by atoms with Gasteiger partial charge in [0.25, 0.3) is 0 Å². The number of hydrogen-bond donors (Lipinski definition) is 3. The Kier molecular flexibility index (Phi) is 3.02. The largest absolute Gasteiger partial charge is 0.384 e. The molecule has 70 valence electrons.